The lowest BCUT2D eigenvalue weighted by atomic mass is 10.1. The third kappa shape index (κ3) is 4.23. The van der Waals surface area contributed by atoms with Crippen LogP contribution < -0.4 is 9.62 Å². The molecule has 0 radical (unpaired) electrons. The summed E-state index contributed by atoms with van der Waals surface area (Å²) >= 11 is 0. The van der Waals surface area contributed by atoms with E-state index in [9.17, 15) is 27.1 Å². The second-order valence-corrected chi connectivity index (χ2v) is 8.16. The first-order valence-electron chi connectivity index (χ1n) is 8.46. The summed E-state index contributed by atoms with van der Waals surface area (Å²) in [5, 5.41) is 9.23. The van der Waals surface area contributed by atoms with E-state index >= 15 is 0 Å². The summed E-state index contributed by atoms with van der Waals surface area (Å²) in [5.41, 5.74) is 0.335. The lowest BCUT2D eigenvalue weighted by Crippen LogP contribution is -2.44. The number of hydrogen-bond acceptors (Lipinski definition) is 5. The van der Waals surface area contributed by atoms with E-state index in [4.69, 9.17) is 0 Å². The van der Waals surface area contributed by atoms with Gasteiger partial charge in [0, 0.05) is 26.2 Å². The molecule has 1 aliphatic rings. The van der Waals surface area contributed by atoms with E-state index in [1.54, 1.807) is 0 Å². The number of carbonyl (C=O) groups is 1. The van der Waals surface area contributed by atoms with Crippen LogP contribution in [0.3, 0.4) is 0 Å². The molecule has 2 aromatic rings. The number of carboxylic acids is 1. The van der Waals surface area contributed by atoms with Crippen LogP contribution in [-0.2, 0) is 10.0 Å². The maximum atomic E-state index is 14.0. The Labute approximate surface area is 161 Å². The van der Waals surface area contributed by atoms with Crippen LogP contribution in [-0.4, -0.2) is 57.6 Å². The van der Waals surface area contributed by atoms with Gasteiger partial charge in [0.15, 0.2) is 0 Å². The fourth-order valence-corrected chi connectivity index (χ4v) is 4.11. The number of hydrogen-bond donors (Lipinski definition) is 2. The third-order valence-electron chi connectivity index (χ3n) is 4.51. The molecule has 1 fully saturated rings. The van der Waals surface area contributed by atoms with Gasteiger partial charge in [0.1, 0.15) is 16.5 Å². The summed E-state index contributed by atoms with van der Waals surface area (Å²) in [6.45, 7) is 2.69. The number of carboxylic acid groups (broad SMARTS) is 1. The molecular formula is C18H19F2N3O4S. The zero-order valence-corrected chi connectivity index (χ0v) is 15.8. The number of anilines is 2. The van der Waals surface area contributed by atoms with Gasteiger partial charge in [-0.25, -0.2) is 22.0 Å². The van der Waals surface area contributed by atoms with Crippen molar-refractivity contribution in [3.63, 3.8) is 0 Å². The number of aromatic carboxylic acids is 1. The van der Waals surface area contributed by atoms with Crippen LogP contribution >= 0.6 is 0 Å². The van der Waals surface area contributed by atoms with Crippen LogP contribution in [0.1, 0.15) is 10.4 Å². The Morgan fingerprint density at radius 3 is 2.39 bits per heavy atom. The molecule has 3 rings (SSSR count). The monoisotopic (exact) mass is 411 g/mol. The van der Waals surface area contributed by atoms with Gasteiger partial charge < -0.3 is 14.9 Å². The maximum Gasteiger partial charge on any atom is 0.335 e. The zero-order valence-electron chi connectivity index (χ0n) is 15.0. The molecule has 0 saturated carbocycles. The second-order valence-electron chi connectivity index (χ2n) is 6.51. The first-order valence-corrected chi connectivity index (χ1v) is 9.94. The predicted octanol–water partition coefficient (Wildman–Crippen LogP) is 2.22. The number of piperazine rings is 1. The average molecular weight is 411 g/mol. The van der Waals surface area contributed by atoms with Crippen LogP contribution in [0.4, 0.5) is 20.2 Å². The van der Waals surface area contributed by atoms with Gasteiger partial charge in [-0.2, -0.15) is 0 Å². The van der Waals surface area contributed by atoms with Gasteiger partial charge in [0.2, 0.25) is 0 Å². The number of benzene rings is 2. The molecule has 28 heavy (non-hydrogen) atoms. The molecule has 0 bridgehead atoms. The molecule has 7 nitrogen and oxygen atoms in total. The first-order chi connectivity index (χ1) is 13.2. The molecule has 1 saturated heterocycles. The highest BCUT2D eigenvalue weighted by molar-refractivity contribution is 7.92. The highest BCUT2D eigenvalue weighted by Crippen LogP contribution is 2.31. The molecule has 0 aromatic heterocycles. The number of rotatable bonds is 5. The Balaban J connectivity index is 2.02. The molecule has 0 atom stereocenters. The zero-order chi connectivity index (χ0) is 20.5. The topological polar surface area (TPSA) is 89.9 Å². The molecule has 10 heteroatoms. The van der Waals surface area contributed by atoms with Crippen LogP contribution in [0.25, 0.3) is 0 Å². The normalized spacial score (nSPS) is 15.5. The summed E-state index contributed by atoms with van der Waals surface area (Å²) in [6, 6.07) is 6.16. The van der Waals surface area contributed by atoms with Crippen LogP contribution in [0.2, 0.25) is 0 Å². The lowest BCUT2D eigenvalue weighted by Gasteiger charge is -2.35. The highest BCUT2D eigenvalue weighted by atomic mass is 32.2. The molecule has 2 aromatic carbocycles. The summed E-state index contributed by atoms with van der Waals surface area (Å²) < 4.78 is 54.9. The summed E-state index contributed by atoms with van der Waals surface area (Å²) in [4.78, 5) is 14.5. The minimum Gasteiger partial charge on any atom is -0.478 e. The van der Waals surface area contributed by atoms with E-state index in [2.05, 4.69) is 9.62 Å². The van der Waals surface area contributed by atoms with Crippen molar-refractivity contribution < 1.29 is 27.1 Å². The second kappa shape index (κ2) is 7.72. The van der Waals surface area contributed by atoms with E-state index in [0.717, 1.165) is 25.2 Å². The molecule has 150 valence electrons. The van der Waals surface area contributed by atoms with Gasteiger partial charge in [0.05, 0.1) is 16.9 Å². The van der Waals surface area contributed by atoms with Gasteiger partial charge in [-0.3, -0.25) is 4.72 Å². The van der Waals surface area contributed by atoms with Crippen LogP contribution in [0, 0.1) is 11.6 Å². The van der Waals surface area contributed by atoms with Crippen molar-refractivity contribution in [2.24, 2.45) is 0 Å². The van der Waals surface area contributed by atoms with Crippen LogP contribution in [0.5, 0.6) is 0 Å². The molecule has 0 aliphatic carbocycles. The molecule has 0 unspecified atom stereocenters. The highest BCUT2D eigenvalue weighted by Gasteiger charge is 2.24. The van der Waals surface area contributed by atoms with Crippen molar-refractivity contribution in [2.45, 2.75) is 4.90 Å². The van der Waals surface area contributed by atoms with Crippen molar-refractivity contribution in [3.8, 4) is 0 Å². The number of halogens is 2. The third-order valence-corrected chi connectivity index (χ3v) is 5.90. The maximum absolute atomic E-state index is 14.0. The van der Waals surface area contributed by atoms with Gasteiger partial charge in [0.25, 0.3) is 10.0 Å². The molecule has 1 aliphatic heterocycles. The lowest BCUT2D eigenvalue weighted by molar-refractivity contribution is 0.0697. The largest absolute Gasteiger partial charge is 0.478 e. The van der Waals surface area contributed by atoms with Crippen LogP contribution in [0.15, 0.2) is 41.3 Å². The van der Waals surface area contributed by atoms with Crippen molar-refractivity contribution in [2.75, 3.05) is 42.8 Å². The van der Waals surface area contributed by atoms with Gasteiger partial charge in [-0.1, -0.05) is 0 Å². The number of sulfonamides is 1. The minimum atomic E-state index is -4.48. The fourth-order valence-electron chi connectivity index (χ4n) is 2.96. The van der Waals surface area contributed by atoms with Gasteiger partial charge >= 0.3 is 5.97 Å². The average Bonchev–Trinajstić information content (AvgIpc) is 2.64. The Hall–Kier alpha value is -2.72. The fraction of sp³-hybridized carbons (Fsp3) is 0.278. The predicted molar refractivity (Wildman–Crippen MR) is 100 cm³/mol. The Morgan fingerprint density at radius 2 is 1.75 bits per heavy atom. The van der Waals surface area contributed by atoms with E-state index in [-0.39, 0.29) is 11.3 Å². The van der Waals surface area contributed by atoms with E-state index in [0.29, 0.717) is 24.8 Å². The van der Waals surface area contributed by atoms with Crippen molar-refractivity contribution >= 4 is 27.4 Å². The number of nitrogens with zero attached hydrogens (tertiary/aromatic N) is 2. The molecular weight excluding hydrogens is 392 g/mol. The van der Waals surface area contributed by atoms with E-state index < -0.39 is 32.5 Å². The molecule has 1 heterocycles. The Kier molecular flexibility index (Phi) is 5.52. The van der Waals surface area contributed by atoms with E-state index in [1.807, 2.05) is 11.9 Å². The van der Waals surface area contributed by atoms with Crippen molar-refractivity contribution in [3.05, 3.63) is 53.6 Å². The smallest absolute Gasteiger partial charge is 0.335 e. The minimum absolute atomic E-state index is 0.00638. The summed E-state index contributed by atoms with van der Waals surface area (Å²) in [6.07, 6.45) is 0. The summed E-state index contributed by atoms with van der Waals surface area (Å²) in [5.74, 6) is -3.24. The molecule has 0 amide bonds. The standard InChI is InChI=1S/C18H19F2N3O4S/c1-22-6-8-23(9-7-22)16-5-2-12(18(24)25)10-15(16)21-28(26,27)17-11-13(19)3-4-14(17)20/h2-5,10-11,21H,6-9H2,1H3,(H,24,25). The Bertz CT molecular complexity index is 1010. The SMILES string of the molecule is CN1CCN(c2ccc(C(=O)O)cc2NS(=O)(=O)c2cc(F)ccc2F)CC1. The van der Waals surface area contributed by atoms with Crippen molar-refractivity contribution in [1.29, 1.82) is 0 Å². The van der Waals surface area contributed by atoms with Gasteiger partial charge in [-0.05, 0) is 43.4 Å². The quantitative estimate of drug-likeness (QED) is 0.784. The van der Waals surface area contributed by atoms with Gasteiger partial charge in [-0.15, -0.1) is 0 Å². The first kappa shape index (κ1) is 20.0. The van der Waals surface area contributed by atoms with Crippen molar-refractivity contribution in [1.82, 2.24) is 4.90 Å². The summed E-state index contributed by atoms with van der Waals surface area (Å²) in [7, 11) is -2.52. The number of likely N-dealkylation sites (N-methyl/N-ethyl adjacent to an activating group) is 1. The number of nitrogens with one attached hydrogen (secondary N) is 1. The van der Waals surface area contributed by atoms with E-state index in [1.165, 1.54) is 18.2 Å². The molecule has 0 spiro atoms. The Morgan fingerprint density at radius 1 is 1.07 bits per heavy atom. The molecule has 2 N–H and O–H groups in total.